The molecule has 94 valence electrons. The lowest BCUT2D eigenvalue weighted by atomic mass is 10.2. The third-order valence-corrected chi connectivity index (χ3v) is 3.46. The average molecular weight is 277 g/mol. The zero-order valence-electron chi connectivity index (χ0n) is 8.66. The minimum absolute atomic E-state index is 0.0830. The van der Waals surface area contributed by atoms with Gasteiger partial charge in [0.1, 0.15) is 5.56 Å². The number of carboxylic acids is 1. The summed E-state index contributed by atoms with van der Waals surface area (Å²) in [4.78, 5) is 10.9. The molecule has 17 heavy (non-hydrogen) atoms. The Kier molecular flexibility index (Phi) is 4.24. The van der Waals surface area contributed by atoms with E-state index in [9.17, 15) is 13.2 Å². The Morgan fingerprint density at radius 3 is 2.65 bits per heavy atom. The van der Waals surface area contributed by atoms with Gasteiger partial charge in [0.25, 0.3) is 0 Å². The number of carbonyl (C=O) groups is 1. The third-order valence-electron chi connectivity index (χ3n) is 1.79. The van der Waals surface area contributed by atoms with Crippen LogP contribution in [0.2, 0.25) is 0 Å². The Balaban J connectivity index is 3.11. The van der Waals surface area contributed by atoms with Gasteiger partial charge in [-0.3, -0.25) is 0 Å². The van der Waals surface area contributed by atoms with E-state index in [0.29, 0.717) is 0 Å². The molecule has 0 bridgehead atoms. The SMILES string of the molecule is Nc1ccc(OS(=O)(=O)CCS)c(C(=O)O)c1. The maximum atomic E-state index is 11.4. The molecule has 8 heteroatoms. The molecule has 1 aromatic rings. The molecule has 0 unspecified atom stereocenters. The summed E-state index contributed by atoms with van der Waals surface area (Å²) in [6.07, 6.45) is 0. The Bertz CT molecular complexity index is 526. The second kappa shape index (κ2) is 5.28. The van der Waals surface area contributed by atoms with Crippen LogP contribution in [0.5, 0.6) is 5.75 Å². The molecule has 0 fully saturated rings. The number of rotatable bonds is 5. The van der Waals surface area contributed by atoms with Crippen molar-refractivity contribution < 1.29 is 22.5 Å². The summed E-state index contributed by atoms with van der Waals surface area (Å²) < 4.78 is 27.4. The van der Waals surface area contributed by atoms with Gasteiger partial charge in [0, 0.05) is 11.4 Å². The molecular formula is C9H11NO5S2. The number of carboxylic acid groups (broad SMARTS) is 1. The molecule has 0 saturated carbocycles. The third kappa shape index (κ3) is 3.82. The van der Waals surface area contributed by atoms with E-state index in [1.165, 1.54) is 12.1 Å². The molecule has 0 aliphatic carbocycles. The van der Waals surface area contributed by atoms with Crippen LogP contribution >= 0.6 is 12.6 Å². The predicted octanol–water partition coefficient (Wildman–Crippen LogP) is 0.605. The number of aromatic carboxylic acids is 1. The first kappa shape index (κ1) is 13.7. The molecule has 0 spiro atoms. The number of nitrogen functional groups attached to an aromatic ring is 1. The van der Waals surface area contributed by atoms with Crippen molar-refractivity contribution >= 4 is 34.4 Å². The lowest BCUT2D eigenvalue weighted by Crippen LogP contribution is -2.16. The standard InChI is InChI=1S/C9H11NO5S2/c10-6-1-2-8(7(5-6)9(11)12)15-17(13,14)4-3-16/h1-2,5,16H,3-4,10H2,(H,11,12). The molecule has 1 rings (SSSR count). The lowest BCUT2D eigenvalue weighted by molar-refractivity contribution is 0.0695. The molecule has 3 N–H and O–H groups in total. The summed E-state index contributed by atoms with van der Waals surface area (Å²) in [7, 11) is -3.83. The van der Waals surface area contributed by atoms with Crippen LogP contribution in [0, 0.1) is 0 Å². The van der Waals surface area contributed by atoms with Crippen molar-refractivity contribution in [1.82, 2.24) is 0 Å². The highest BCUT2D eigenvalue weighted by molar-refractivity contribution is 7.88. The lowest BCUT2D eigenvalue weighted by Gasteiger charge is -2.08. The topological polar surface area (TPSA) is 107 Å². The van der Waals surface area contributed by atoms with Gasteiger partial charge in [-0.2, -0.15) is 21.0 Å². The van der Waals surface area contributed by atoms with Crippen LogP contribution in [0.25, 0.3) is 0 Å². The molecule has 0 atom stereocenters. The Morgan fingerprint density at radius 2 is 2.12 bits per heavy atom. The van der Waals surface area contributed by atoms with Crippen molar-refractivity contribution in [3.8, 4) is 5.75 Å². The summed E-state index contributed by atoms with van der Waals surface area (Å²) in [5.74, 6) is -1.79. The van der Waals surface area contributed by atoms with Gasteiger partial charge in [0.05, 0.1) is 5.75 Å². The van der Waals surface area contributed by atoms with Gasteiger partial charge in [0.2, 0.25) is 0 Å². The number of hydrogen-bond donors (Lipinski definition) is 3. The highest BCUT2D eigenvalue weighted by Crippen LogP contribution is 2.23. The maximum Gasteiger partial charge on any atom is 0.339 e. The second-order valence-corrected chi connectivity index (χ2v) is 5.27. The minimum atomic E-state index is -3.83. The monoisotopic (exact) mass is 277 g/mol. The van der Waals surface area contributed by atoms with Gasteiger partial charge < -0.3 is 15.0 Å². The minimum Gasteiger partial charge on any atom is -0.478 e. The molecule has 0 saturated heterocycles. The number of anilines is 1. The van der Waals surface area contributed by atoms with Gasteiger partial charge in [0.15, 0.2) is 5.75 Å². The van der Waals surface area contributed by atoms with Crippen molar-refractivity contribution in [2.75, 3.05) is 17.2 Å². The fourth-order valence-electron chi connectivity index (χ4n) is 1.08. The maximum absolute atomic E-state index is 11.4. The van der Waals surface area contributed by atoms with Crippen LogP contribution in [0.15, 0.2) is 18.2 Å². The number of hydrogen-bond acceptors (Lipinski definition) is 6. The summed E-state index contributed by atoms with van der Waals surface area (Å²) in [5.41, 5.74) is 5.32. The number of benzene rings is 1. The zero-order valence-corrected chi connectivity index (χ0v) is 10.4. The van der Waals surface area contributed by atoms with Crippen LogP contribution < -0.4 is 9.92 Å². The van der Waals surface area contributed by atoms with Crippen LogP contribution in [-0.4, -0.2) is 31.0 Å². The molecule has 0 aliphatic heterocycles. The van der Waals surface area contributed by atoms with Crippen molar-refractivity contribution in [2.24, 2.45) is 0 Å². The Morgan fingerprint density at radius 1 is 1.47 bits per heavy atom. The first-order valence-corrected chi connectivity index (χ1v) is 6.72. The number of thiol groups is 1. The van der Waals surface area contributed by atoms with Crippen molar-refractivity contribution in [2.45, 2.75) is 0 Å². The Hall–Kier alpha value is -1.41. The molecular weight excluding hydrogens is 266 g/mol. The first-order valence-electron chi connectivity index (χ1n) is 4.51. The van der Waals surface area contributed by atoms with E-state index in [0.717, 1.165) is 6.07 Å². The smallest absolute Gasteiger partial charge is 0.339 e. The van der Waals surface area contributed by atoms with E-state index in [1.54, 1.807) is 0 Å². The van der Waals surface area contributed by atoms with E-state index in [-0.39, 0.29) is 28.5 Å². The zero-order chi connectivity index (χ0) is 13.1. The van der Waals surface area contributed by atoms with Crippen molar-refractivity contribution in [3.05, 3.63) is 23.8 Å². The number of nitrogens with two attached hydrogens (primary N) is 1. The Labute approximate surface area is 104 Å². The van der Waals surface area contributed by atoms with Gasteiger partial charge in [-0.1, -0.05) is 0 Å². The summed E-state index contributed by atoms with van der Waals surface area (Å²) in [6.45, 7) is 0. The molecule has 0 aliphatic rings. The van der Waals surface area contributed by atoms with E-state index < -0.39 is 16.1 Å². The summed E-state index contributed by atoms with van der Waals surface area (Å²) in [6, 6.07) is 3.70. The average Bonchev–Trinajstić information content (AvgIpc) is 2.20. The fraction of sp³-hybridized carbons (Fsp3) is 0.222. The van der Waals surface area contributed by atoms with E-state index in [4.69, 9.17) is 10.8 Å². The van der Waals surface area contributed by atoms with Crippen molar-refractivity contribution in [3.63, 3.8) is 0 Å². The molecule has 1 aromatic carbocycles. The normalized spacial score (nSPS) is 11.1. The van der Waals surface area contributed by atoms with Crippen molar-refractivity contribution in [1.29, 1.82) is 0 Å². The molecule has 6 nitrogen and oxygen atoms in total. The van der Waals surface area contributed by atoms with E-state index in [2.05, 4.69) is 16.8 Å². The fourth-order valence-corrected chi connectivity index (χ4v) is 2.47. The second-order valence-electron chi connectivity index (χ2n) is 3.13. The van der Waals surface area contributed by atoms with Gasteiger partial charge in [-0.15, -0.1) is 0 Å². The summed E-state index contributed by atoms with van der Waals surface area (Å²) in [5, 5.41) is 8.87. The van der Waals surface area contributed by atoms with Crippen LogP contribution in [-0.2, 0) is 10.1 Å². The molecule has 0 aromatic heterocycles. The van der Waals surface area contributed by atoms with Gasteiger partial charge in [-0.05, 0) is 18.2 Å². The van der Waals surface area contributed by atoms with Crippen LogP contribution in [0.4, 0.5) is 5.69 Å². The quantitative estimate of drug-likeness (QED) is 0.413. The molecule has 0 amide bonds. The first-order chi connectivity index (χ1) is 7.85. The molecule has 0 heterocycles. The highest BCUT2D eigenvalue weighted by Gasteiger charge is 2.18. The van der Waals surface area contributed by atoms with Crippen LogP contribution in [0.1, 0.15) is 10.4 Å². The van der Waals surface area contributed by atoms with Gasteiger partial charge in [-0.25, -0.2) is 4.79 Å². The van der Waals surface area contributed by atoms with Crippen LogP contribution in [0.3, 0.4) is 0 Å². The predicted molar refractivity (Wildman–Crippen MR) is 66.1 cm³/mol. The van der Waals surface area contributed by atoms with E-state index >= 15 is 0 Å². The molecule has 0 radical (unpaired) electrons. The van der Waals surface area contributed by atoms with E-state index in [1.807, 2.05) is 0 Å². The van der Waals surface area contributed by atoms with Gasteiger partial charge >= 0.3 is 16.1 Å². The largest absolute Gasteiger partial charge is 0.478 e. The summed E-state index contributed by atoms with van der Waals surface area (Å²) >= 11 is 3.77. The highest BCUT2D eigenvalue weighted by atomic mass is 32.2.